The number of esters is 2. The minimum atomic E-state index is -0.269. The maximum atomic E-state index is 11.3. The molecule has 19 heavy (non-hydrogen) atoms. The largest absolute Gasteiger partial charge is 0.466 e. The third-order valence-corrected chi connectivity index (χ3v) is 2.19. The zero-order valence-electron chi connectivity index (χ0n) is 12.1. The summed E-state index contributed by atoms with van der Waals surface area (Å²) < 4.78 is 14.7. The van der Waals surface area contributed by atoms with Crippen LogP contribution in [0.4, 0.5) is 0 Å². The summed E-state index contributed by atoms with van der Waals surface area (Å²) in [7, 11) is 1.61. The van der Waals surface area contributed by atoms with Crippen molar-refractivity contribution in [1.29, 1.82) is 0 Å². The van der Waals surface area contributed by atoms with E-state index in [4.69, 9.17) is 14.2 Å². The molecule has 0 aliphatic carbocycles. The molecule has 0 unspecified atom stereocenters. The highest BCUT2D eigenvalue weighted by atomic mass is 16.5. The Hall–Kier alpha value is -1.36. The van der Waals surface area contributed by atoms with E-state index in [1.54, 1.807) is 7.11 Å². The Balaban J connectivity index is 3.45. The lowest BCUT2D eigenvalue weighted by atomic mass is 10.2. The first kappa shape index (κ1) is 17.6. The third kappa shape index (κ3) is 12.9. The lowest BCUT2D eigenvalue weighted by Gasteiger charge is -2.04. The molecule has 0 bridgehead atoms. The lowest BCUT2D eigenvalue weighted by molar-refractivity contribution is -0.144. The lowest BCUT2D eigenvalue weighted by Crippen LogP contribution is -2.07. The molecule has 5 nitrogen and oxygen atoms in total. The van der Waals surface area contributed by atoms with Crippen molar-refractivity contribution in [2.45, 2.75) is 46.0 Å². The molecule has 0 atom stereocenters. The molecule has 0 aliphatic rings. The van der Waals surface area contributed by atoms with Crippen LogP contribution in [0, 0.1) is 0 Å². The topological polar surface area (TPSA) is 61.8 Å². The number of ether oxygens (including phenoxy) is 3. The predicted octanol–water partition coefficient (Wildman–Crippen LogP) is 2.59. The number of unbranched alkanes of at least 4 members (excludes halogenated alkanes) is 1. The molecule has 0 rings (SSSR count). The number of hydrogen-bond donors (Lipinski definition) is 0. The molecular weight excluding hydrogens is 248 g/mol. The Bertz CT molecular complexity index is 292. The average molecular weight is 272 g/mol. The van der Waals surface area contributed by atoms with Gasteiger partial charge >= 0.3 is 11.9 Å². The third-order valence-electron chi connectivity index (χ3n) is 2.19. The van der Waals surface area contributed by atoms with Gasteiger partial charge in [-0.2, -0.15) is 0 Å². The van der Waals surface area contributed by atoms with Crippen LogP contribution >= 0.6 is 0 Å². The first-order chi connectivity index (χ1) is 9.06. The van der Waals surface area contributed by atoms with E-state index in [9.17, 15) is 9.59 Å². The van der Waals surface area contributed by atoms with Gasteiger partial charge in [0.2, 0.25) is 0 Å². The van der Waals surface area contributed by atoms with E-state index in [2.05, 4.69) is 0 Å². The Labute approximate surface area is 114 Å². The molecule has 0 aliphatic heterocycles. The van der Waals surface area contributed by atoms with E-state index in [0.29, 0.717) is 45.3 Å². The molecule has 0 aromatic rings. The number of hydrogen-bond acceptors (Lipinski definition) is 5. The summed E-state index contributed by atoms with van der Waals surface area (Å²) in [6, 6.07) is 0. The van der Waals surface area contributed by atoms with E-state index < -0.39 is 0 Å². The molecule has 0 amide bonds. The highest BCUT2D eigenvalue weighted by Crippen LogP contribution is 2.04. The summed E-state index contributed by atoms with van der Waals surface area (Å²) >= 11 is 0. The van der Waals surface area contributed by atoms with Gasteiger partial charge in [0.1, 0.15) is 0 Å². The molecule has 0 saturated carbocycles. The monoisotopic (exact) mass is 272 g/mol. The van der Waals surface area contributed by atoms with E-state index in [1.807, 2.05) is 13.8 Å². The van der Waals surface area contributed by atoms with Crippen LogP contribution in [0.15, 0.2) is 11.8 Å². The van der Waals surface area contributed by atoms with Gasteiger partial charge in [-0.15, -0.1) is 0 Å². The fraction of sp³-hybridized carbons (Fsp3) is 0.714. The second-order valence-electron chi connectivity index (χ2n) is 4.46. The van der Waals surface area contributed by atoms with Crippen molar-refractivity contribution in [2.75, 3.05) is 20.3 Å². The second-order valence-corrected chi connectivity index (χ2v) is 4.46. The van der Waals surface area contributed by atoms with Crippen LogP contribution in [-0.2, 0) is 23.8 Å². The first-order valence-electron chi connectivity index (χ1n) is 6.53. The molecule has 5 heteroatoms. The minimum Gasteiger partial charge on any atom is -0.466 e. The van der Waals surface area contributed by atoms with Gasteiger partial charge in [-0.25, -0.2) is 0 Å². The molecule has 0 fully saturated rings. The maximum Gasteiger partial charge on any atom is 0.310 e. The highest BCUT2D eigenvalue weighted by molar-refractivity contribution is 5.71. The van der Waals surface area contributed by atoms with E-state index in [1.165, 1.54) is 6.26 Å². The molecule has 0 N–H and O–H groups in total. The summed E-state index contributed by atoms with van der Waals surface area (Å²) in [6.07, 6.45) is 4.06. The second kappa shape index (κ2) is 11.7. The summed E-state index contributed by atoms with van der Waals surface area (Å²) in [5.41, 5.74) is 0.938. The van der Waals surface area contributed by atoms with Crippen LogP contribution in [0.3, 0.4) is 0 Å². The molecule has 0 radical (unpaired) electrons. The van der Waals surface area contributed by atoms with E-state index in [-0.39, 0.29) is 11.9 Å². The summed E-state index contributed by atoms with van der Waals surface area (Å²) in [5, 5.41) is 0. The van der Waals surface area contributed by atoms with Crippen LogP contribution in [0.5, 0.6) is 0 Å². The van der Waals surface area contributed by atoms with Crippen molar-refractivity contribution in [3.63, 3.8) is 0 Å². The molecule has 0 spiro atoms. The number of rotatable bonds is 10. The highest BCUT2D eigenvalue weighted by Gasteiger charge is 2.05. The van der Waals surface area contributed by atoms with Crippen molar-refractivity contribution in [2.24, 2.45) is 0 Å². The molecule has 0 aromatic carbocycles. The van der Waals surface area contributed by atoms with E-state index >= 15 is 0 Å². The summed E-state index contributed by atoms with van der Waals surface area (Å²) in [5.74, 6) is -0.497. The summed E-state index contributed by atoms with van der Waals surface area (Å²) in [4.78, 5) is 22.5. The Morgan fingerprint density at radius 3 is 2.16 bits per heavy atom. The van der Waals surface area contributed by atoms with Crippen molar-refractivity contribution < 1.29 is 23.8 Å². The Morgan fingerprint density at radius 2 is 1.58 bits per heavy atom. The molecule has 0 saturated heterocycles. The van der Waals surface area contributed by atoms with Crippen molar-refractivity contribution in [3.05, 3.63) is 11.8 Å². The van der Waals surface area contributed by atoms with Gasteiger partial charge < -0.3 is 14.2 Å². The first-order valence-corrected chi connectivity index (χ1v) is 6.53. The van der Waals surface area contributed by atoms with Gasteiger partial charge in [0.15, 0.2) is 0 Å². The van der Waals surface area contributed by atoms with Gasteiger partial charge in [-0.05, 0) is 32.3 Å². The molecule has 110 valence electrons. The van der Waals surface area contributed by atoms with Crippen LogP contribution in [0.1, 0.15) is 46.0 Å². The number of methoxy groups -OCH3 is 1. The van der Waals surface area contributed by atoms with Crippen LogP contribution in [-0.4, -0.2) is 32.3 Å². The smallest absolute Gasteiger partial charge is 0.310 e. The zero-order chi connectivity index (χ0) is 14.5. The fourth-order valence-electron chi connectivity index (χ4n) is 1.24. The van der Waals surface area contributed by atoms with Crippen LogP contribution < -0.4 is 0 Å². The summed E-state index contributed by atoms with van der Waals surface area (Å²) in [6.45, 7) is 4.68. The number of carbonyl (C=O) groups is 2. The van der Waals surface area contributed by atoms with Crippen molar-refractivity contribution in [1.82, 2.24) is 0 Å². The van der Waals surface area contributed by atoms with Crippen LogP contribution in [0.2, 0.25) is 0 Å². The number of allylic oxidation sites excluding steroid dienone is 1. The zero-order valence-corrected chi connectivity index (χ0v) is 12.1. The van der Waals surface area contributed by atoms with Gasteiger partial charge in [0.25, 0.3) is 0 Å². The van der Waals surface area contributed by atoms with Gasteiger partial charge in [0.05, 0.1) is 12.9 Å². The molecule has 0 heterocycles. The van der Waals surface area contributed by atoms with Crippen molar-refractivity contribution in [3.8, 4) is 0 Å². The van der Waals surface area contributed by atoms with Gasteiger partial charge in [-0.1, -0.05) is 0 Å². The van der Waals surface area contributed by atoms with Crippen molar-refractivity contribution >= 4 is 11.9 Å². The fourth-order valence-corrected chi connectivity index (χ4v) is 1.24. The van der Waals surface area contributed by atoms with E-state index in [0.717, 1.165) is 5.57 Å². The average Bonchev–Trinajstić information content (AvgIpc) is 2.37. The Kier molecular flexibility index (Phi) is 10.9. The van der Waals surface area contributed by atoms with Gasteiger partial charge in [-0.3, -0.25) is 9.59 Å². The van der Waals surface area contributed by atoms with Crippen LogP contribution in [0.25, 0.3) is 0 Å². The Morgan fingerprint density at radius 1 is 0.947 bits per heavy atom. The minimum absolute atomic E-state index is 0.228. The maximum absolute atomic E-state index is 11.3. The normalized spacial score (nSPS) is 9.84. The standard InChI is InChI=1S/C14H24O5/c1-12(2)11-19-14(16)8-5-4-7-13(15)18-10-6-9-17-3/h11H,4-10H2,1-3H3. The molecular formula is C14H24O5. The van der Waals surface area contributed by atoms with Gasteiger partial charge in [0, 0.05) is 33.0 Å². The predicted molar refractivity (Wildman–Crippen MR) is 71.4 cm³/mol. The molecule has 0 aromatic heterocycles. The SMILES string of the molecule is COCCCOC(=O)CCCCC(=O)OC=C(C)C. The quantitative estimate of drug-likeness (QED) is 0.347. The number of carbonyl (C=O) groups excluding carboxylic acids is 2.